The van der Waals surface area contributed by atoms with E-state index in [1.807, 2.05) is 0 Å². The molecule has 0 aliphatic heterocycles. The van der Waals surface area contributed by atoms with E-state index in [1.54, 1.807) is 0 Å². The molecule has 0 amide bonds. The summed E-state index contributed by atoms with van der Waals surface area (Å²) in [4.78, 5) is 0. The maximum Gasteiger partial charge on any atom is 0.0577 e. The van der Waals surface area contributed by atoms with Gasteiger partial charge in [0.15, 0.2) is 0 Å². The summed E-state index contributed by atoms with van der Waals surface area (Å²) >= 11 is 0. The lowest BCUT2D eigenvalue weighted by Gasteiger charge is -2.25. The standard InChI is InChI=1S/C12H20O/c1-10(2)6-5-8-11-7-3-4-9-12(11)13/h10-13H,3-4,7-9H2,1-2H3/t11-,12-/m1/s1. The average molecular weight is 180 g/mol. The Balaban J connectivity index is 2.31. The van der Waals surface area contributed by atoms with Crippen molar-refractivity contribution >= 4 is 0 Å². The molecule has 1 aliphatic rings. The van der Waals surface area contributed by atoms with Crippen molar-refractivity contribution in [3.8, 4) is 11.8 Å². The van der Waals surface area contributed by atoms with Crippen molar-refractivity contribution in [2.45, 2.75) is 52.1 Å². The highest BCUT2D eigenvalue weighted by molar-refractivity contribution is 5.03. The van der Waals surface area contributed by atoms with E-state index < -0.39 is 0 Å². The van der Waals surface area contributed by atoms with Gasteiger partial charge < -0.3 is 5.11 Å². The minimum atomic E-state index is -0.0878. The van der Waals surface area contributed by atoms with Gasteiger partial charge in [-0.15, -0.1) is 11.8 Å². The first-order valence-corrected chi connectivity index (χ1v) is 5.36. The summed E-state index contributed by atoms with van der Waals surface area (Å²) in [6.45, 7) is 4.20. The van der Waals surface area contributed by atoms with Gasteiger partial charge in [0, 0.05) is 12.3 Å². The topological polar surface area (TPSA) is 20.2 Å². The van der Waals surface area contributed by atoms with E-state index >= 15 is 0 Å². The molecule has 1 heteroatoms. The molecule has 1 fully saturated rings. The minimum absolute atomic E-state index is 0.0878. The van der Waals surface area contributed by atoms with E-state index in [2.05, 4.69) is 25.7 Å². The first-order chi connectivity index (χ1) is 6.20. The Kier molecular flexibility index (Phi) is 4.32. The molecule has 74 valence electrons. The zero-order valence-corrected chi connectivity index (χ0v) is 8.71. The van der Waals surface area contributed by atoms with E-state index in [-0.39, 0.29) is 6.10 Å². The Labute approximate surface area is 81.5 Å². The van der Waals surface area contributed by atoms with Crippen LogP contribution in [-0.4, -0.2) is 11.2 Å². The van der Waals surface area contributed by atoms with Crippen LogP contribution in [0.15, 0.2) is 0 Å². The second-order valence-electron chi connectivity index (χ2n) is 4.29. The molecule has 1 aliphatic carbocycles. The molecule has 0 saturated heterocycles. The Morgan fingerprint density at radius 1 is 1.31 bits per heavy atom. The Morgan fingerprint density at radius 3 is 2.62 bits per heavy atom. The Hall–Kier alpha value is -0.480. The molecule has 1 saturated carbocycles. The lowest BCUT2D eigenvalue weighted by Crippen LogP contribution is -2.23. The van der Waals surface area contributed by atoms with Gasteiger partial charge in [0.1, 0.15) is 0 Å². The summed E-state index contributed by atoms with van der Waals surface area (Å²) < 4.78 is 0. The van der Waals surface area contributed by atoms with Crippen molar-refractivity contribution < 1.29 is 5.11 Å². The molecule has 0 aromatic rings. The van der Waals surface area contributed by atoms with Crippen molar-refractivity contribution in [1.29, 1.82) is 0 Å². The van der Waals surface area contributed by atoms with E-state index in [9.17, 15) is 5.11 Å². The van der Waals surface area contributed by atoms with Gasteiger partial charge in [-0.3, -0.25) is 0 Å². The molecule has 0 radical (unpaired) electrons. The van der Waals surface area contributed by atoms with Gasteiger partial charge in [-0.1, -0.05) is 26.7 Å². The Morgan fingerprint density at radius 2 is 2.00 bits per heavy atom. The van der Waals surface area contributed by atoms with Crippen molar-refractivity contribution in [3.05, 3.63) is 0 Å². The SMILES string of the molecule is CC(C)C#CC[C@H]1CCCC[C@H]1O. The van der Waals surface area contributed by atoms with Gasteiger partial charge in [-0.25, -0.2) is 0 Å². The third kappa shape index (κ3) is 3.83. The lowest BCUT2D eigenvalue weighted by molar-refractivity contribution is 0.0724. The third-order valence-electron chi connectivity index (χ3n) is 2.62. The van der Waals surface area contributed by atoms with E-state index in [1.165, 1.54) is 12.8 Å². The smallest absolute Gasteiger partial charge is 0.0577 e. The van der Waals surface area contributed by atoms with Crippen LogP contribution in [0.25, 0.3) is 0 Å². The van der Waals surface area contributed by atoms with Crippen LogP contribution in [0.2, 0.25) is 0 Å². The van der Waals surface area contributed by atoms with Gasteiger partial charge in [-0.2, -0.15) is 0 Å². The maximum absolute atomic E-state index is 9.67. The molecule has 0 aromatic heterocycles. The van der Waals surface area contributed by atoms with Crippen molar-refractivity contribution in [3.63, 3.8) is 0 Å². The molecule has 1 rings (SSSR count). The molecule has 0 aromatic carbocycles. The van der Waals surface area contributed by atoms with Gasteiger partial charge in [0.2, 0.25) is 0 Å². The summed E-state index contributed by atoms with van der Waals surface area (Å²) in [5.41, 5.74) is 0. The highest BCUT2D eigenvalue weighted by atomic mass is 16.3. The highest BCUT2D eigenvalue weighted by Gasteiger charge is 2.21. The quantitative estimate of drug-likeness (QED) is 0.615. The van der Waals surface area contributed by atoms with Crippen LogP contribution in [0.3, 0.4) is 0 Å². The lowest BCUT2D eigenvalue weighted by atomic mass is 9.84. The van der Waals surface area contributed by atoms with Crippen molar-refractivity contribution in [1.82, 2.24) is 0 Å². The van der Waals surface area contributed by atoms with Gasteiger partial charge in [0.25, 0.3) is 0 Å². The van der Waals surface area contributed by atoms with E-state index in [0.717, 1.165) is 19.3 Å². The van der Waals surface area contributed by atoms with Crippen LogP contribution in [0, 0.1) is 23.7 Å². The first-order valence-electron chi connectivity index (χ1n) is 5.36. The molecule has 1 nitrogen and oxygen atoms in total. The van der Waals surface area contributed by atoms with Gasteiger partial charge in [-0.05, 0) is 18.8 Å². The normalized spacial score (nSPS) is 28.3. The van der Waals surface area contributed by atoms with E-state index in [4.69, 9.17) is 0 Å². The van der Waals surface area contributed by atoms with Crippen LogP contribution < -0.4 is 0 Å². The van der Waals surface area contributed by atoms with Crippen LogP contribution >= 0.6 is 0 Å². The summed E-state index contributed by atoms with van der Waals surface area (Å²) in [5.74, 6) is 7.23. The van der Waals surface area contributed by atoms with Crippen LogP contribution in [0.5, 0.6) is 0 Å². The molecule has 0 bridgehead atoms. The van der Waals surface area contributed by atoms with E-state index in [0.29, 0.717) is 11.8 Å². The van der Waals surface area contributed by atoms with Crippen molar-refractivity contribution in [2.24, 2.45) is 11.8 Å². The third-order valence-corrected chi connectivity index (χ3v) is 2.62. The predicted octanol–water partition coefficient (Wildman–Crippen LogP) is 2.59. The molecule has 13 heavy (non-hydrogen) atoms. The molecule has 2 atom stereocenters. The summed E-state index contributed by atoms with van der Waals surface area (Å²) in [7, 11) is 0. The second kappa shape index (κ2) is 5.29. The van der Waals surface area contributed by atoms with Crippen LogP contribution in [0.4, 0.5) is 0 Å². The molecular weight excluding hydrogens is 160 g/mol. The zero-order valence-electron chi connectivity index (χ0n) is 8.71. The summed E-state index contributed by atoms with van der Waals surface area (Å²) in [6, 6.07) is 0. The number of rotatable bonds is 1. The minimum Gasteiger partial charge on any atom is -0.393 e. The number of aliphatic hydroxyl groups excluding tert-OH is 1. The fourth-order valence-corrected chi connectivity index (χ4v) is 1.82. The zero-order chi connectivity index (χ0) is 9.68. The number of hydrogen-bond acceptors (Lipinski definition) is 1. The van der Waals surface area contributed by atoms with Crippen LogP contribution in [0.1, 0.15) is 46.0 Å². The Bertz CT molecular complexity index is 197. The molecule has 0 unspecified atom stereocenters. The van der Waals surface area contributed by atoms with Gasteiger partial charge in [0.05, 0.1) is 6.10 Å². The molecular formula is C12H20O. The monoisotopic (exact) mass is 180 g/mol. The summed E-state index contributed by atoms with van der Waals surface area (Å²) in [5, 5.41) is 9.67. The van der Waals surface area contributed by atoms with Crippen LogP contribution in [-0.2, 0) is 0 Å². The first kappa shape index (κ1) is 10.6. The largest absolute Gasteiger partial charge is 0.393 e. The number of aliphatic hydroxyl groups is 1. The molecule has 1 N–H and O–H groups in total. The fraction of sp³-hybridized carbons (Fsp3) is 0.833. The second-order valence-corrected chi connectivity index (χ2v) is 4.29. The summed E-state index contributed by atoms with van der Waals surface area (Å²) in [6.07, 6.45) is 5.40. The molecule has 0 heterocycles. The predicted molar refractivity (Wildman–Crippen MR) is 55.2 cm³/mol. The maximum atomic E-state index is 9.67. The fourth-order valence-electron chi connectivity index (χ4n) is 1.82. The van der Waals surface area contributed by atoms with Crippen molar-refractivity contribution in [2.75, 3.05) is 0 Å². The van der Waals surface area contributed by atoms with Gasteiger partial charge >= 0.3 is 0 Å². The average Bonchev–Trinajstić information content (AvgIpc) is 2.08. The highest BCUT2D eigenvalue weighted by Crippen LogP contribution is 2.26. The molecule has 0 spiro atoms. The number of hydrogen-bond donors (Lipinski definition) is 1.